The third-order valence-corrected chi connectivity index (χ3v) is 3.99. The highest BCUT2D eigenvalue weighted by Crippen LogP contribution is 2.22. The molecule has 0 aromatic heterocycles. The molecule has 0 spiro atoms. The van der Waals surface area contributed by atoms with Gasteiger partial charge in [0.25, 0.3) is 0 Å². The van der Waals surface area contributed by atoms with Crippen molar-refractivity contribution >= 4 is 5.91 Å². The highest BCUT2D eigenvalue weighted by molar-refractivity contribution is 5.76. The molecule has 0 aromatic rings. The van der Waals surface area contributed by atoms with E-state index in [9.17, 15) is 4.79 Å². The molecular formula is C17H34N2O. The molecule has 1 aliphatic heterocycles. The van der Waals surface area contributed by atoms with E-state index >= 15 is 0 Å². The standard InChI is InChI=1S/C17H34N2O/c1-16(2,3)8-7-15(20)19-13-11-18(12-14-19)10-9-17(4,5)6/h7-14H2,1-6H3. The van der Waals surface area contributed by atoms with Gasteiger partial charge in [-0.25, -0.2) is 0 Å². The summed E-state index contributed by atoms with van der Waals surface area (Å²) in [6.45, 7) is 18.5. The first kappa shape index (κ1) is 17.5. The minimum atomic E-state index is 0.254. The van der Waals surface area contributed by atoms with Gasteiger partial charge in [0.05, 0.1) is 0 Å². The summed E-state index contributed by atoms with van der Waals surface area (Å²) >= 11 is 0. The van der Waals surface area contributed by atoms with Gasteiger partial charge in [0.15, 0.2) is 0 Å². The second-order valence-corrected chi connectivity index (χ2v) is 8.59. The summed E-state index contributed by atoms with van der Waals surface area (Å²) in [7, 11) is 0. The normalized spacial score (nSPS) is 18.4. The van der Waals surface area contributed by atoms with Gasteiger partial charge in [-0.15, -0.1) is 0 Å². The predicted molar refractivity (Wildman–Crippen MR) is 85.8 cm³/mol. The quantitative estimate of drug-likeness (QED) is 0.789. The number of piperazine rings is 1. The molecular weight excluding hydrogens is 248 g/mol. The van der Waals surface area contributed by atoms with Crippen LogP contribution in [0, 0.1) is 10.8 Å². The number of nitrogens with zero attached hydrogens (tertiary/aromatic N) is 2. The lowest BCUT2D eigenvalue weighted by Gasteiger charge is -2.36. The van der Waals surface area contributed by atoms with E-state index < -0.39 is 0 Å². The lowest BCUT2D eigenvalue weighted by molar-refractivity contribution is -0.133. The Bertz CT molecular complexity index is 304. The van der Waals surface area contributed by atoms with Crippen molar-refractivity contribution in [3.05, 3.63) is 0 Å². The van der Waals surface area contributed by atoms with Gasteiger partial charge in [0.2, 0.25) is 5.91 Å². The van der Waals surface area contributed by atoms with Gasteiger partial charge in [0, 0.05) is 32.6 Å². The molecule has 0 atom stereocenters. The molecule has 0 aromatic carbocycles. The zero-order valence-corrected chi connectivity index (χ0v) is 14.5. The van der Waals surface area contributed by atoms with E-state index in [0.717, 1.165) is 39.1 Å². The lowest BCUT2D eigenvalue weighted by Crippen LogP contribution is -2.49. The number of hydrogen-bond donors (Lipinski definition) is 0. The first-order valence-corrected chi connectivity index (χ1v) is 8.07. The summed E-state index contributed by atoms with van der Waals surface area (Å²) < 4.78 is 0. The maximum absolute atomic E-state index is 12.2. The van der Waals surface area contributed by atoms with Crippen LogP contribution in [0.1, 0.15) is 60.8 Å². The van der Waals surface area contributed by atoms with Crippen LogP contribution < -0.4 is 0 Å². The topological polar surface area (TPSA) is 23.6 Å². The molecule has 1 amide bonds. The van der Waals surface area contributed by atoms with Gasteiger partial charge in [-0.05, 0) is 30.2 Å². The molecule has 0 aliphatic carbocycles. The maximum Gasteiger partial charge on any atom is 0.222 e. The van der Waals surface area contributed by atoms with E-state index in [2.05, 4.69) is 51.3 Å². The smallest absolute Gasteiger partial charge is 0.222 e. The minimum absolute atomic E-state index is 0.254. The van der Waals surface area contributed by atoms with E-state index in [1.165, 1.54) is 6.42 Å². The lowest BCUT2D eigenvalue weighted by atomic mass is 9.90. The van der Waals surface area contributed by atoms with Crippen molar-refractivity contribution in [2.45, 2.75) is 60.8 Å². The number of hydrogen-bond acceptors (Lipinski definition) is 2. The fraction of sp³-hybridized carbons (Fsp3) is 0.941. The molecule has 0 radical (unpaired) electrons. The van der Waals surface area contributed by atoms with Gasteiger partial charge < -0.3 is 4.90 Å². The molecule has 1 fully saturated rings. The average molecular weight is 282 g/mol. The molecule has 20 heavy (non-hydrogen) atoms. The van der Waals surface area contributed by atoms with Crippen LogP contribution in [0.25, 0.3) is 0 Å². The van der Waals surface area contributed by atoms with Crippen molar-refractivity contribution in [1.82, 2.24) is 9.80 Å². The molecule has 118 valence electrons. The van der Waals surface area contributed by atoms with Gasteiger partial charge in [-0.1, -0.05) is 41.5 Å². The monoisotopic (exact) mass is 282 g/mol. The van der Waals surface area contributed by atoms with Crippen LogP contribution in [-0.2, 0) is 4.79 Å². The second-order valence-electron chi connectivity index (χ2n) is 8.59. The number of amides is 1. The van der Waals surface area contributed by atoms with Crippen LogP contribution in [0.4, 0.5) is 0 Å². The van der Waals surface area contributed by atoms with E-state index in [1.54, 1.807) is 0 Å². The van der Waals surface area contributed by atoms with Crippen molar-refractivity contribution in [3.63, 3.8) is 0 Å². The average Bonchev–Trinajstić information content (AvgIpc) is 2.32. The fourth-order valence-corrected chi connectivity index (χ4v) is 2.35. The van der Waals surface area contributed by atoms with Crippen molar-refractivity contribution in [3.8, 4) is 0 Å². The Hall–Kier alpha value is -0.570. The molecule has 1 rings (SSSR count). The van der Waals surface area contributed by atoms with E-state index in [-0.39, 0.29) is 5.41 Å². The van der Waals surface area contributed by atoms with Crippen molar-refractivity contribution in [2.75, 3.05) is 32.7 Å². The Balaban J connectivity index is 2.26. The third-order valence-electron chi connectivity index (χ3n) is 3.99. The van der Waals surface area contributed by atoms with E-state index in [4.69, 9.17) is 0 Å². The second kappa shape index (κ2) is 6.93. The van der Waals surface area contributed by atoms with Gasteiger partial charge in [-0.2, -0.15) is 0 Å². The molecule has 1 heterocycles. The van der Waals surface area contributed by atoms with E-state index in [1.807, 2.05) is 0 Å². The Morgan fingerprint density at radius 1 is 0.850 bits per heavy atom. The van der Waals surface area contributed by atoms with Crippen molar-refractivity contribution < 1.29 is 4.79 Å². The highest BCUT2D eigenvalue weighted by Gasteiger charge is 2.23. The SMILES string of the molecule is CC(C)(C)CCC(=O)N1CCN(CCC(C)(C)C)CC1. The van der Waals surface area contributed by atoms with Crippen LogP contribution in [0.3, 0.4) is 0 Å². The zero-order valence-electron chi connectivity index (χ0n) is 14.5. The van der Waals surface area contributed by atoms with Gasteiger partial charge in [-0.3, -0.25) is 9.69 Å². The maximum atomic E-state index is 12.2. The molecule has 3 heteroatoms. The van der Waals surface area contributed by atoms with Crippen molar-refractivity contribution in [2.24, 2.45) is 10.8 Å². The Kier molecular flexibility index (Phi) is 6.06. The van der Waals surface area contributed by atoms with Gasteiger partial charge in [0.1, 0.15) is 0 Å². The molecule has 0 saturated carbocycles. The zero-order chi connectivity index (χ0) is 15.4. The number of carbonyl (C=O) groups is 1. The summed E-state index contributed by atoms with van der Waals surface area (Å²) in [5, 5.41) is 0. The summed E-state index contributed by atoms with van der Waals surface area (Å²) in [5.74, 6) is 0.343. The summed E-state index contributed by atoms with van der Waals surface area (Å²) in [6, 6.07) is 0. The summed E-state index contributed by atoms with van der Waals surface area (Å²) in [4.78, 5) is 16.7. The highest BCUT2D eigenvalue weighted by atomic mass is 16.2. The molecule has 0 bridgehead atoms. The Morgan fingerprint density at radius 2 is 1.35 bits per heavy atom. The van der Waals surface area contributed by atoms with Crippen LogP contribution in [0.2, 0.25) is 0 Å². The van der Waals surface area contributed by atoms with Crippen molar-refractivity contribution in [1.29, 1.82) is 0 Å². The minimum Gasteiger partial charge on any atom is -0.340 e. The largest absolute Gasteiger partial charge is 0.340 e. The van der Waals surface area contributed by atoms with Crippen LogP contribution in [0.15, 0.2) is 0 Å². The third kappa shape index (κ3) is 7.28. The Labute approximate surface area is 125 Å². The van der Waals surface area contributed by atoms with Crippen LogP contribution >= 0.6 is 0 Å². The number of rotatable bonds is 4. The predicted octanol–water partition coefficient (Wildman–Crippen LogP) is 3.39. The first-order valence-electron chi connectivity index (χ1n) is 8.07. The summed E-state index contributed by atoms with van der Waals surface area (Å²) in [5.41, 5.74) is 0.657. The van der Waals surface area contributed by atoms with Gasteiger partial charge >= 0.3 is 0 Å². The number of carbonyl (C=O) groups excluding carboxylic acids is 1. The molecule has 3 nitrogen and oxygen atoms in total. The molecule has 0 unspecified atom stereocenters. The summed E-state index contributed by atoms with van der Waals surface area (Å²) in [6.07, 6.45) is 2.91. The Morgan fingerprint density at radius 3 is 1.80 bits per heavy atom. The first-order chi connectivity index (χ1) is 9.07. The van der Waals surface area contributed by atoms with E-state index in [0.29, 0.717) is 17.7 Å². The molecule has 1 saturated heterocycles. The molecule has 1 aliphatic rings. The molecule has 0 N–H and O–H groups in total. The van der Waals surface area contributed by atoms with Crippen LogP contribution in [-0.4, -0.2) is 48.4 Å². The fourth-order valence-electron chi connectivity index (χ4n) is 2.35. The van der Waals surface area contributed by atoms with Crippen LogP contribution in [0.5, 0.6) is 0 Å².